The van der Waals surface area contributed by atoms with Crippen LogP contribution < -0.4 is 15.0 Å². The number of methoxy groups -OCH3 is 1. The molecule has 150 valence electrons. The molecule has 27 heavy (non-hydrogen) atoms. The van der Waals surface area contributed by atoms with Gasteiger partial charge in [-0.15, -0.1) is 12.4 Å². The van der Waals surface area contributed by atoms with Crippen LogP contribution in [0, 0.1) is 18.8 Å². The molecule has 1 unspecified atom stereocenters. The Balaban J connectivity index is 0.00000261. The third-order valence-corrected chi connectivity index (χ3v) is 5.52. The Bertz CT molecular complexity index is 674. The SMILES string of the molecule is CNCC1CCN(C(=O)C2CC(=O)N(c3cc(C)ccc3OC)C2)CC1.Cl. The second-order valence-electron chi connectivity index (χ2n) is 7.41. The highest BCUT2D eigenvalue weighted by Gasteiger charge is 2.38. The van der Waals surface area contributed by atoms with Gasteiger partial charge in [-0.2, -0.15) is 0 Å². The Morgan fingerprint density at radius 1 is 1.30 bits per heavy atom. The highest BCUT2D eigenvalue weighted by Crippen LogP contribution is 2.34. The average molecular weight is 396 g/mol. The summed E-state index contributed by atoms with van der Waals surface area (Å²) in [5.41, 5.74) is 1.83. The number of nitrogens with one attached hydrogen (secondary N) is 1. The number of carbonyl (C=O) groups excluding carboxylic acids is 2. The molecule has 2 aliphatic rings. The molecule has 2 fully saturated rings. The molecule has 2 amide bonds. The number of benzene rings is 1. The number of piperidine rings is 1. The summed E-state index contributed by atoms with van der Waals surface area (Å²) in [7, 11) is 3.57. The molecule has 0 aliphatic carbocycles. The maximum absolute atomic E-state index is 12.9. The van der Waals surface area contributed by atoms with E-state index in [9.17, 15) is 9.59 Å². The highest BCUT2D eigenvalue weighted by atomic mass is 35.5. The van der Waals surface area contributed by atoms with E-state index in [0.717, 1.165) is 43.7 Å². The molecule has 7 heteroatoms. The number of amides is 2. The van der Waals surface area contributed by atoms with Crippen molar-refractivity contribution in [1.82, 2.24) is 10.2 Å². The van der Waals surface area contributed by atoms with Crippen LogP contribution in [0.1, 0.15) is 24.8 Å². The van der Waals surface area contributed by atoms with Gasteiger partial charge in [-0.1, -0.05) is 6.07 Å². The molecule has 0 spiro atoms. The first kappa shape index (κ1) is 21.5. The lowest BCUT2D eigenvalue weighted by atomic mass is 9.95. The van der Waals surface area contributed by atoms with E-state index >= 15 is 0 Å². The number of aryl methyl sites for hydroxylation is 1. The van der Waals surface area contributed by atoms with Crippen LogP contribution in [-0.4, -0.2) is 57.1 Å². The van der Waals surface area contributed by atoms with Gasteiger partial charge in [-0.3, -0.25) is 9.59 Å². The molecule has 2 aliphatic heterocycles. The van der Waals surface area contributed by atoms with E-state index in [2.05, 4.69) is 5.32 Å². The Hall–Kier alpha value is -1.79. The van der Waals surface area contributed by atoms with Crippen LogP contribution in [0.2, 0.25) is 0 Å². The Morgan fingerprint density at radius 2 is 2.00 bits per heavy atom. The summed E-state index contributed by atoms with van der Waals surface area (Å²) in [5, 5.41) is 3.22. The van der Waals surface area contributed by atoms with Crippen molar-refractivity contribution in [3.05, 3.63) is 23.8 Å². The van der Waals surface area contributed by atoms with Crippen molar-refractivity contribution in [2.75, 3.05) is 45.2 Å². The number of likely N-dealkylation sites (tertiary alicyclic amines) is 1. The second-order valence-corrected chi connectivity index (χ2v) is 7.41. The fourth-order valence-corrected chi connectivity index (χ4v) is 4.02. The van der Waals surface area contributed by atoms with E-state index in [0.29, 0.717) is 18.2 Å². The number of hydrogen-bond donors (Lipinski definition) is 1. The van der Waals surface area contributed by atoms with Crippen molar-refractivity contribution >= 4 is 29.9 Å². The lowest BCUT2D eigenvalue weighted by Gasteiger charge is -2.33. The predicted molar refractivity (Wildman–Crippen MR) is 109 cm³/mol. The van der Waals surface area contributed by atoms with E-state index < -0.39 is 0 Å². The van der Waals surface area contributed by atoms with Crippen molar-refractivity contribution in [2.24, 2.45) is 11.8 Å². The summed E-state index contributed by atoms with van der Waals surface area (Å²) in [4.78, 5) is 29.1. The molecular weight excluding hydrogens is 366 g/mol. The summed E-state index contributed by atoms with van der Waals surface area (Å²) < 4.78 is 5.41. The fraction of sp³-hybridized carbons (Fsp3) is 0.600. The third kappa shape index (κ3) is 4.74. The summed E-state index contributed by atoms with van der Waals surface area (Å²) in [6.45, 7) is 5.02. The van der Waals surface area contributed by atoms with Crippen molar-refractivity contribution < 1.29 is 14.3 Å². The van der Waals surface area contributed by atoms with Crippen LogP contribution in [0.15, 0.2) is 18.2 Å². The van der Waals surface area contributed by atoms with E-state index in [1.54, 1.807) is 12.0 Å². The third-order valence-electron chi connectivity index (χ3n) is 5.52. The van der Waals surface area contributed by atoms with Gasteiger partial charge in [0.25, 0.3) is 0 Å². The minimum Gasteiger partial charge on any atom is -0.495 e. The lowest BCUT2D eigenvalue weighted by molar-refractivity contribution is -0.137. The van der Waals surface area contributed by atoms with Crippen LogP contribution in [0.4, 0.5) is 5.69 Å². The van der Waals surface area contributed by atoms with Crippen LogP contribution in [0.5, 0.6) is 5.75 Å². The summed E-state index contributed by atoms with van der Waals surface area (Å²) >= 11 is 0. The van der Waals surface area contributed by atoms with Gasteiger partial charge in [0.1, 0.15) is 5.75 Å². The molecule has 1 aromatic rings. The maximum atomic E-state index is 12.9. The number of hydrogen-bond acceptors (Lipinski definition) is 4. The molecule has 0 bridgehead atoms. The maximum Gasteiger partial charge on any atom is 0.228 e. The Morgan fingerprint density at radius 3 is 2.63 bits per heavy atom. The van der Waals surface area contributed by atoms with Gasteiger partial charge in [0.15, 0.2) is 0 Å². The highest BCUT2D eigenvalue weighted by molar-refractivity contribution is 6.01. The number of rotatable bonds is 5. The summed E-state index contributed by atoms with van der Waals surface area (Å²) in [5.74, 6) is 1.17. The zero-order valence-electron chi connectivity index (χ0n) is 16.4. The second kappa shape index (κ2) is 9.42. The molecule has 2 heterocycles. The number of nitrogens with zero attached hydrogens (tertiary/aromatic N) is 2. The minimum absolute atomic E-state index is 0. The standard InChI is InChI=1S/C20H29N3O3.ClH/c1-14-4-5-18(26-3)17(10-14)23-13-16(11-19(23)24)20(25)22-8-6-15(7-9-22)12-21-2;/h4-5,10,15-16,21H,6-9,11-13H2,1-3H3;1H. The predicted octanol–water partition coefficient (Wildman–Crippen LogP) is 2.24. The van der Waals surface area contributed by atoms with Crippen molar-refractivity contribution in [3.8, 4) is 5.75 Å². The molecular formula is C20H30ClN3O3. The van der Waals surface area contributed by atoms with Crippen LogP contribution in [0.3, 0.4) is 0 Å². The van der Waals surface area contributed by atoms with Crippen LogP contribution >= 0.6 is 12.4 Å². The zero-order chi connectivity index (χ0) is 18.7. The van der Waals surface area contributed by atoms with Gasteiger partial charge < -0.3 is 19.9 Å². The molecule has 3 rings (SSSR count). The van der Waals surface area contributed by atoms with Crippen LogP contribution in [0.25, 0.3) is 0 Å². The first-order valence-electron chi connectivity index (χ1n) is 9.42. The van der Waals surface area contributed by atoms with Gasteiger partial charge in [-0.05, 0) is 57.0 Å². The molecule has 2 saturated heterocycles. The van der Waals surface area contributed by atoms with Gasteiger partial charge in [0.05, 0.1) is 18.7 Å². The zero-order valence-corrected chi connectivity index (χ0v) is 17.2. The van der Waals surface area contributed by atoms with E-state index in [4.69, 9.17) is 4.74 Å². The molecule has 0 saturated carbocycles. The lowest BCUT2D eigenvalue weighted by Crippen LogP contribution is -2.43. The number of halogens is 1. The van der Waals surface area contributed by atoms with E-state index in [1.165, 1.54) is 0 Å². The molecule has 1 atom stereocenters. The topological polar surface area (TPSA) is 61.9 Å². The summed E-state index contributed by atoms with van der Waals surface area (Å²) in [6, 6.07) is 5.79. The average Bonchev–Trinajstić information content (AvgIpc) is 3.03. The number of carbonyl (C=O) groups is 2. The van der Waals surface area contributed by atoms with Crippen molar-refractivity contribution in [3.63, 3.8) is 0 Å². The summed E-state index contributed by atoms with van der Waals surface area (Å²) in [6.07, 6.45) is 2.34. The Labute approximate surface area is 167 Å². The van der Waals surface area contributed by atoms with E-state index in [-0.39, 0.29) is 36.6 Å². The largest absolute Gasteiger partial charge is 0.495 e. The normalized spacial score (nSPS) is 20.6. The van der Waals surface area contributed by atoms with Crippen molar-refractivity contribution in [1.29, 1.82) is 0 Å². The number of anilines is 1. The molecule has 0 radical (unpaired) electrons. The molecule has 0 aromatic heterocycles. The van der Waals surface area contributed by atoms with E-state index in [1.807, 2.05) is 37.1 Å². The van der Waals surface area contributed by atoms with Gasteiger partial charge in [-0.25, -0.2) is 0 Å². The molecule has 6 nitrogen and oxygen atoms in total. The van der Waals surface area contributed by atoms with Gasteiger partial charge in [0.2, 0.25) is 11.8 Å². The molecule has 1 N–H and O–H groups in total. The first-order valence-corrected chi connectivity index (χ1v) is 9.42. The van der Waals surface area contributed by atoms with Crippen molar-refractivity contribution in [2.45, 2.75) is 26.2 Å². The van der Waals surface area contributed by atoms with Crippen LogP contribution in [-0.2, 0) is 9.59 Å². The molecule has 1 aromatic carbocycles. The van der Waals surface area contributed by atoms with Gasteiger partial charge in [0, 0.05) is 26.1 Å². The Kier molecular flexibility index (Phi) is 7.50. The van der Waals surface area contributed by atoms with Gasteiger partial charge >= 0.3 is 0 Å². The minimum atomic E-state index is -0.256. The smallest absolute Gasteiger partial charge is 0.228 e. The quantitative estimate of drug-likeness (QED) is 0.830. The fourth-order valence-electron chi connectivity index (χ4n) is 4.02. The first-order chi connectivity index (χ1) is 12.5. The number of ether oxygens (including phenoxy) is 1. The monoisotopic (exact) mass is 395 g/mol.